The summed E-state index contributed by atoms with van der Waals surface area (Å²) in [5.74, 6) is 0.491. The highest BCUT2D eigenvalue weighted by molar-refractivity contribution is 5.85. The second-order valence-corrected chi connectivity index (χ2v) is 4.88. The highest BCUT2D eigenvalue weighted by Crippen LogP contribution is 2.12. The van der Waals surface area contributed by atoms with Crippen LogP contribution in [0, 0.1) is 6.92 Å². The molecule has 0 aliphatic carbocycles. The highest BCUT2D eigenvalue weighted by Gasteiger charge is 2.13. The predicted octanol–water partition coefficient (Wildman–Crippen LogP) is 0.637. The summed E-state index contributed by atoms with van der Waals surface area (Å²) >= 11 is 0. The van der Waals surface area contributed by atoms with Crippen molar-refractivity contribution >= 4 is 18.3 Å². The van der Waals surface area contributed by atoms with Gasteiger partial charge in [-0.3, -0.25) is 4.79 Å². The molecule has 0 spiro atoms. The van der Waals surface area contributed by atoms with Crippen LogP contribution in [-0.4, -0.2) is 50.0 Å². The molecule has 1 aromatic rings. The van der Waals surface area contributed by atoms with E-state index >= 15 is 0 Å². The van der Waals surface area contributed by atoms with E-state index in [-0.39, 0.29) is 50.5 Å². The van der Waals surface area contributed by atoms with Crippen LogP contribution in [0.4, 0.5) is 0 Å². The zero-order valence-corrected chi connectivity index (χ0v) is 13.8. The Morgan fingerprint density at radius 1 is 1.45 bits per heavy atom. The lowest BCUT2D eigenvalue weighted by Gasteiger charge is -2.15. The van der Waals surface area contributed by atoms with Crippen LogP contribution >= 0.6 is 12.4 Å². The minimum atomic E-state index is -0.770. The molecule has 0 aliphatic heterocycles. The van der Waals surface area contributed by atoms with Crippen molar-refractivity contribution in [2.24, 2.45) is 5.73 Å². The molecular weight excluding hydrogens is 308 g/mol. The number of benzene rings is 1. The van der Waals surface area contributed by atoms with Gasteiger partial charge in [-0.15, -0.1) is 12.4 Å². The van der Waals surface area contributed by atoms with Gasteiger partial charge in [0.25, 0.3) is 0 Å². The van der Waals surface area contributed by atoms with E-state index in [0.29, 0.717) is 5.75 Å². The van der Waals surface area contributed by atoms with Gasteiger partial charge < -0.3 is 25.6 Å². The van der Waals surface area contributed by atoms with E-state index in [1.54, 1.807) is 0 Å². The van der Waals surface area contributed by atoms with Crippen molar-refractivity contribution in [2.45, 2.75) is 25.6 Å². The number of methoxy groups -OCH3 is 1. The Morgan fingerprint density at radius 3 is 2.77 bits per heavy atom. The van der Waals surface area contributed by atoms with Crippen molar-refractivity contribution in [1.29, 1.82) is 0 Å². The van der Waals surface area contributed by atoms with E-state index in [0.717, 1.165) is 5.56 Å². The summed E-state index contributed by atoms with van der Waals surface area (Å²) in [6.07, 6.45) is -0.891. The molecule has 1 rings (SSSR count). The number of nitrogens with one attached hydrogen (secondary N) is 1. The number of ether oxygens (including phenoxy) is 2. The van der Waals surface area contributed by atoms with Gasteiger partial charge in [-0.2, -0.15) is 0 Å². The molecule has 126 valence electrons. The minimum absolute atomic E-state index is 0. The van der Waals surface area contributed by atoms with Gasteiger partial charge in [0.1, 0.15) is 18.5 Å². The second kappa shape index (κ2) is 11.3. The standard InChI is InChI=1S/C15H24N2O4.ClH/c1-11-4-3-5-13(6-11)21-10-12(18)9-17-15(19)7-14(8-16)20-2;/h3-6,12,14,18H,7-10,16H2,1-2H3,(H,17,19);1H. The first-order chi connectivity index (χ1) is 10.0. The number of aliphatic hydroxyl groups excluding tert-OH is 1. The van der Waals surface area contributed by atoms with Crippen LogP contribution in [0.15, 0.2) is 24.3 Å². The van der Waals surface area contributed by atoms with Crippen molar-refractivity contribution < 1.29 is 19.4 Å². The fourth-order valence-electron chi connectivity index (χ4n) is 1.73. The normalized spacial score (nSPS) is 12.9. The largest absolute Gasteiger partial charge is 0.491 e. The third kappa shape index (κ3) is 8.19. The molecule has 22 heavy (non-hydrogen) atoms. The lowest BCUT2D eigenvalue weighted by molar-refractivity contribution is -0.123. The summed E-state index contributed by atoms with van der Waals surface area (Å²) < 4.78 is 10.5. The van der Waals surface area contributed by atoms with E-state index in [4.69, 9.17) is 15.2 Å². The number of carbonyl (C=O) groups is 1. The Balaban J connectivity index is 0.00000441. The second-order valence-electron chi connectivity index (χ2n) is 4.88. The molecule has 0 heterocycles. The number of nitrogens with two attached hydrogens (primary N) is 1. The first-order valence-electron chi connectivity index (χ1n) is 6.92. The minimum Gasteiger partial charge on any atom is -0.491 e. The Kier molecular flexibility index (Phi) is 10.6. The summed E-state index contributed by atoms with van der Waals surface area (Å²) in [6, 6.07) is 7.56. The predicted molar refractivity (Wildman–Crippen MR) is 87.4 cm³/mol. The SMILES string of the molecule is COC(CN)CC(=O)NCC(O)COc1cccc(C)c1.Cl. The van der Waals surface area contributed by atoms with Crippen molar-refractivity contribution in [3.05, 3.63) is 29.8 Å². The summed E-state index contributed by atoms with van der Waals surface area (Å²) in [5, 5.41) is 12.4. The Hall–Kier alpha value is -1.34. The van der Waals surface area contributed by atoms with E-state index in [2.05, 4.69) is 5.32 Å². The van der Waals surface area contributed by atoms with Gasteiger partial charge in [0, 0.05) is 20.2 Å². The fourth-order valence-corrected chi connectivity index (χ4v) is 1.73. The molecule has 0 radical (unpaired) electrons. The molecule has 4 N–H and O–H groups in total. The van der Waals surface area contributed by atoms with Crippen LogP contribution < -0.4 is 15.8 Å². The number of hydrogen-bond acceptors (Lipinski definition) is 5. The highest BCUT2D eigenvalue weighted by atomic mass is 35.5. The first-order valence-corrected chi connectivity index (χ1v) is 6.92. The summed E-state index contributed by atoms with van der Waals surface area (Å²) in [5.41, 5.74) is 6.52. The Labute approximate surface area is 137 Å². The van der Waals surface area contributed by atoms with Gasteiger partial charge in [-0.1, -0.05) is 12.1 Å². The molecule has 0 saturated carbocycles. The summed E-state index contributed by atoms with van der Waals surface area (Å²) in [4.78, 5) is 11.6. The maximum atomic E-state index is 11.6. The Bertz CT molecular complexity index is 441. The molecule has 0 aromatic heterocycles. The molecule has 2 atom stereocenters. The third-order valence-electron chi connectivity index (χ3n) is 2.98. The lowest BCUT2D eigenvalue weighted by atomic mass is 10.2. The first kappa shape index (κ1) is 20.7. The molecule has 0 saturated heterocycles. The molecule has 2 unspecified atom stereocenters. The topological polar surface area (TPSA) is 93.8 Å². The molecule has 0 bridgehead atoms. The number of carbonyl (C=O) groups excluding carboxylic acids is 1. The van der Waals surface area contributed by atoms with Gasteiger partial charge in [-0.05, 0) is 24.6 Å². The van der Waals surface area contributed by atoms with Gasteiger partial charge in [-0.25, -0.2) is 0 Å². The number of aryl methyl sites for hydroxylation is 1. The van der Waals surface area contributed by atoms with E-state index in [1.807, 2.05) is 31.2 Å². The molecule has 0 fully saturated rings. The average Bonchev–Trinajstić information content (AvgIpc) is 2.48. The number of halogens is 1. The van der Waals surface area contributed by atoms with Crippen LogP contribution in [-0.2, 0) is 9.53 Å². The quantitative estimate of drug-likeness (QED) is 0.617. The lowest BCUT2D eigenvalue weighted by Crippen LogP contribution is -2.38. The monoisotopic (exact) mass is 332 g/mol. The zero-order valence-electron chi connectivity index (χ0n) is 13.0. The van der Waals surface area contributed by atoms with Crippen molar-refractivity contribution in [2.75, 3.05) is 26.8 Å². The zero-order chi connectivity index (χ0) is 15.7. The molecular formula is C15H25ClN2O4. The van der Waals surface area contributed by atoms with Gasteiger partial charge in [0.05, 0.1) is 12.5 Å². The molecule has 1 amide bonds. The maximum Gasteiger partial charge on any atom is 0.222 e. The van der Waals surface area contributed by atoms with Crippen LogP contribution in [0.2, 0.25) is 0 Å². The number of rotatable bonds is 9. The molecule has 1 aromatic carbocycles. The molecule has 6 nitrogen and oxygen atoms in total. The van der Waals surface area contributed by atoms with E-state index < -0.39 is 6.10 Å². The van der Waals surface area contributed by atoms with Crippen LogP contribution in [0.25, 0.3) is 0 Å². The third-order valence-corrected chi connectivity index (χ3v) is 2.98. The van der Waals surface area contributed by atoms with E-state index in [9.17, 15) is 9.90 Å². The van der Waals surface area contributed by atoms with E-state index in [1.165, 1.54) is 7.11 Å². The average molecular weight is 333 g/mol. The summed E-state index contributed by atoms with van der Waals surface area (Å²) in [7, 11) is 1.51. The van der Waals surface area contributed by atoms with Crippen LogP contribution in [0.5, 0.6) is 5.75 Å². The fraction of sp³-hybridized carbons (Fsp3) is 0.533. The number of aliphatic hydroxyl groups is 1. The van der Waals surface area contributed by atoms with Gasteiger partial charge in [0.15, 0.2) is 0 Å². The van der Waals surface area contributed by atoms with Crippen LogP contribution in [0.3, 0.4) is 0 Å². The van der Waals surface area contributed by atoms with Crippen molar-refractivity contribution in [3.63, 3.8) is 0 Å². The smallest absolute Gasteiger partial charge is 0.222 e. The number of amides is 1. The van der Waals surface area contributed by atoms with Crippen molar-refractivity contribution in [1.82, 2.24) is 5.32 Å². The Morgan fingerprint density at radius 2 is 2.18 bits per heavy atom. The number of hydrogen-bond donors (Lipinski definition) is 3. The molecule has 0 aliphatic rings. The van der Waals surface area contributed by atoms with Crippen molar-refractivity contribution in [3.8, 4) is 5.75 Å². The van der Waals surface area contributed by atoms with Crippen LogP contribution in [0.1, 0.15) is 12.0 Å². The van der Waals surface area contributed by atoms with Gasteiger partial charge >= 0.3 is 0 Å². The maximum absolute atomic E-state index is 11.6. The summed E-state index contributed by atoms with van der Waals surface area (Å²) in [6.45, 7) is 2.50. The molecule has 7 heteroatoms. The van der Waals surface area contributed by atoms with Gasteiger partial charge in [0.2, 0.25) is 5.91 Å².